The number of nitrogens with two attached hydrogens (primary N) is 1. The number of nitrogen functional groups attached to an aromatic ring is 1. The van der Waals surface area contributed by atoms with Crippen molar-refractivity contribution in [3.05, 3.63) is 77.0 Å². The lowest BCUT2D eigenvalue weighted by molar-refractivity contribution is 0.590. The Bertz CT molecular complexity index is 1150. The summed E-state index contributed by atoms with van der Waals surface area (Å²) in [5.74, 6) is 0.498. The average molecular weight is 370 g/mol. The molecule has 0 spiro atoms. The zero-order valence-electron chi connectivity index (χ0n) is 17.1. The first kappa shape index (κ1) is 18.4. The number of anilines is 1. The Balaban J connectivity index is 1.63. The zero-order valence-corrected chi connectivity index (χ0v) is 17.1. The Morgan fingerprint density at radius 2 is 1.57 bits per heavy atom. The highest BCUT2D eigenvalue weighted by atomic mass is 14.9. The van der Waals surface area contributed by atoms with Crippen LogP contribution in [0.2, 0.25) is 0 Å². The molecule has 0 aliphatic carbocycles. The van der Waals surface area contributed by atoms with Crippen LogP contribution in [-0.2, 0) is 18.3 Å². The molecule has 142 valence electrons. The molecule has 0 amide bonds. The van der Waals surface area contributed by atoms with Gasteiger partial charge < -0.3 is 5.73 Å². The molecule has 0 bridgehead atoms. The zero-order chi connectivity index (χ0) is 19.9. The van der Waals surface area contributed by atoms with Crippen molar-refractivity contribution in [2.75, 3.05) is 5.73 Å². The largest absolute Gasteiger partial charge is 0.382 e. The van der Waals surface area contributed by atoms with Crippen LogP contribution in [-0.4, -0.2) is 9.97 Å². The summed E-state index contributed by atoms with van der Waals surface area (Å²) in [5, 5.41) is 2.20. The molecule has 2 aromatic carbocycles. The minimum absolute atomic E-state index is 0.189. The van der Waals surface area contributed by atoms with E-state index in [0.717, 1.165) is 34.6 Å². The van der Waals surface area contributed by atoms with Gasteiger partial charge in [0.2, 0.25) is 0 Å². The van der Waals surface area contributed by atoms with Gasteiger partial charge in [0.15, 0.2) is 5.82 Å². The normalized spacial score (nSPS) is 12.0. The molecule has 2 N–H and O–H groups in total. The van der Waals surface area contributed by atoms with Crippen molar-refractivity contribution in [3.8, 4) is 0 Å². The summed E-state index contributed by atoms with van der Waals surface area (Å²) in [6.45, 7) is 8.81. The summed E-state index contributed by atoms with van der Waals surface area (Å²) in [7, 11) is 0. The van der Waals surface area contributed by atoms with Crippen LogP contribution in [0.1, 0.15) is 43.0 Å². The summed E-state index contributed by atoms with van der Waals surface area (Å²) in [5.41, 5.74) is 13.2. The molecule has 4 rings (SSSR count). The lowest BCUT2D eigenvalue weighted by Crippen LogP contribution is -2.10. The Morgan fingerprint density at radius 3 is 2.29 bits per heavy atom. The molecule has 0 aliphatic heterocycles. The van der Waals surface area contributed by atoms with Gasteiger partial charge in [0.25, 0.3) is 0 Å². The molecule has 0 unspecified atom stereocenters. The fourth-order valence-electron chi connectivity index (χ4n) is 3.66. The van der Waals surface area contributed by atoms with Crippen LogP contribution < -0.4 is 5.73 Å². The van der Waals surface area contributed by atoms with Crippen LogP contribution in [0, 0.1) is 6.92 Å². The van der Waals surface area contributed by atoms with E-state index in [1.807, 2.05) is 6.20 Å². The molecule has 3 heteroatoms. The number of aryl methyl sites for hydroxylation is 3. The Morgan fingerprint density at radius 1 is 0.857 bits per heavy atom. The molecular weight excluding hydrogens is 342 g/mol. The van der Waals surface area contributed by atoms with Gasteiger partial charge in [-0.1, -0.05) is 57.2 Å². The second-order valence-electron chi connectivity index (χ2n) is 8.70. The van der Waals surface area contributed by atoms with E-state index in [4.69, 9.17) is 5.73 Å². The van der Waals surface area contributed by atoms with E-state index < -0.39 is 0 Å². The first-order chi connectivity index (χ1) is 13.3. The van der Waals surface area contributed by atoms with Crippen LogP contribution in [0.3, 0.4) is 0 Å². The van der Waals surface area contributed by atoms with Crippen molar-refractivity contribution in [2.45, 2.75) is 46.0 Å². The lowest BCUT2D eigenvalue weighted by Gasteiger charge is -2.19. The van der Waals surface area contributed by atoms with Gasteiger partial charge in [-0.25, -0.2) is 4.98 Å². The van der Waals surface area contributed by atoms with Gasteiger partial charge in [-0.2, -0.15) is 0 Å². The molecule has 0 fully saturated rings. The van der Waals surface area contributed by atoms with E-state index in [1.54, 1.807) is 0 Å². The van der Waals surface area contributed by atoms with E-state index in [2.05, 4.69) is 86.2 Å². The Labute approximate surface area is 166 Å². The van der Waals surface area contributed by atoms with Gasteiger partial charge in [-0.15, -0.1) is 0 Å². The highest BCUT2D eigenvalue weighted by Gasteiger charge is 2.13. The predicted octanol–water partition coefficient (Wildman–Crippen LogP) is 5.76. The molecule has 3 nitrogen and oxygen atoms in total. The molecule has 2 heterocycles. The van der Waals surface area contributed by atoms with E-state index in [9.17, 15) is 0 Å². The van der Waals surface area contributed by atoms with Crippen LogP contribution in [0.4, 0.5) is 5.82 Å². The van der Waals surface area contributed by atoms with E-state index >= 15 is 0 Å². The molecular formula is C25H27N3. The molecule has 28 heavy (non-hydrogen) atoms. The standard InChI is InChI=1S/C25H27N3/c1-16-5-12-20-21-14-18(15-27-23(21)24(26)28-22(20)13-16)7-6-17-8-10-19(11-9-17)25(2,3)4/h5,8-15H,6-7H2,1-4H3,(H2,26,28). The third kappa shape index (κ3) is 3.57. The van der Waals surface area contributed by atoms with Crippen molar-refractivity contribution in [2.24, 2.45) is 0 Å². The van der Waals surface area contributed by atoms with Gasteiger partial charge in [0.05, 0.1) is 5.52 Å². The summed E-state index contributed by atoms with van der Waals surface area (Å²) in [6.07, 6.45) is 3.88. The fraction of sp³-hybridized carbons (Fsp3) is 0.280. The maximum Gasteiger partial charge on any atom is 0.150 e. The van der Waals surface area contributed by atoms with E-state index in [-0.39, 0.29) is 5.41 Å². The minimum Gasteiger partial charge on any atom is -0.382 e. The molecule has 4 aromatic rings. The second kappa shape index (κ2) is 6.90. The minimum atomic E-state index is 0.189. The third-order valence-corrected chi connectivity index (χ3v) is 5.39. The van der Waals surface area contributed by atoms with Gasteiger partial charge >= 0.3 is 0 Å². The number of benzene rings is 2. The molecule has 0 atom stereocenters. The molecule has 2 aromatic heterocycles. The number of rotatable bonds is 3. The third-order valence-electron chi connectivity index (χ3n) is 5.39. The highest BCUT2D eigenvalue weighted by molar-refractivity contribution is 6.08. The lowest BCUT2D eigenvalue weighted by atomic mass is 9.86. The van der Waals surface area contributed by atoms with Gasteiger partial charge in [-0.05, 0) is 59.6 Å². The summed E-state index contributed by atoms with van der Waals surface area (Å²) < 4.78 is 0. The van der Waals surface area contributed by atoms with Gasteiger partial charge in [0.1, 0.15) is 5.52 Å². The van der Waals surface area contributed by atoms with E-state index in [0.29, 0.717) is 5.82 Å². The Kier molecular flexibility index (Phi) is 4.54. The monoisotopic (exact) mass is 369 g/mol. The smallest absolute Gasteiger partial charge is 0.150 e. The number of hydrogen-bond donors (Lipinski definition) is 1. The summed E-state index contributed by atoms with van der Waals surface area (Å²) >= 11 is 0. The number of fused-ring (bicyclic) bond motifs is 3. The molecule has 0 aliphatic rings. The Hall–Kier alpha value is -2.94. The first-order valence-electron chi connectivity index (χ1n) is 9.85. The number of nitrogens with zero attached hydrogens (tertiary/aromatic N) is 2. The maximum absolute atomic E-state index is 6.16. The van der Waals surface area contributed by atoms with Gasteiger partial charge in [0, 0.05) is 17.0 Å². The van der Waals surface area contributed by atoms with E-state index in [1.165, 1.54) is 22.3 Å². The summed E-state index contributed by atoms with van der Waals surface area (Å²) in [4.78, 5) is 9.16. The quantitative estimate of drug-likeness (QED) is 0.467. The van der Waals surface area contributed by atoms with Crippen LogP contribution >= 0.6 is 0 Å². The number of hydrogen-bond acceptors (Lipinski definition) is 3. The molecule has 0 saturated heterocycles. The first-order valence-corrected chi connectivity index (χ1v) is 9.85. The van der Waals surface area contributed by atoms with Gasteiger partial charge in [-0.3, -0.25) is 4.98 Å². The second-order valence-corrected chi connectivity index (χ2v) is 8.70. The van der Waals surface area contributed by atoms with Crippen LogP contribution in [0.15, 0.2) is 54.7 Å². The number of pyridine rings is 2. The van der Waals surface area contributed by atoms with Crippen LogP contribution in [0.25, 0.3) is 21.8 Å². The maximum atomic E-state index is 6.16. The average Bonchev–Trinajstić information content (AvgIpc) is 2.65. The highest BCUT2D eigenvalue weighted by Crippen LogP contribution is 2.28. The van der Waals surface area contributed by atoms with Crippen molar-refractivity contribution in [1.82, 2.24) is 9.97 Å². The van der Waals surface area contributed by atoms with Crippen molar-refractivity contribution < 1.29 is 0 Å². The summed E-state index contributed by atoms with van der Waals surface area (Å²) in [6, 6.07) is 17.5. The fourth-order valence-corrected chi connectivity index (χ4v) is 3.66. The molecule has 0 saturated carbocycles. The van der Waals surface area contributed by atoms with Crippen molar-refractivity contribution in [1.29, 1.82) is 0 Å². The SMILES string of the molecule is Cc1ccc2c(c1)nc(N)c1ncc(CCc3ccc(C(C)(C)C)cc3)cc12. The predicted molar refractivity (Wildman–Crippen MR) is 119 cm³/mol. The topological polar surface area (TPSA) is 51.8 Å². The van der Waals surface area contributed by atoms with Crippen LogP contribution in [0.5, 0.6) is 0 Å². The molecule has 0 radical (unpaired) electrons. The van der Waals surface area contributed by atoms with Crippen molar-refractivity contribution >= 4 is 27.6 Å². The van der Waals surface area contributed by atoms with Crippen molar-refractivity contribution in [3.63, 3.8) is 0 Å². The number of aromatic nitrogens is 2.